The Morgan fingerprint density at radius 2 is 1.86 bits per heavy atom. The summed E-state index contributed by atoms with van der Waals surface area (Å²) in [5.41, 5.74) is 2.83. The van der Waals surface area contributed by atoms with Gasteiger partial charge in [0.15, 0.2) is 5.75 Å². The Morgan fingerprint density at radius 3 is 2.62 bits per heavy atom. The minimum Gasteiger partial charge on any atom is -0.502 e. The molecule has 0 atom stereocenters. The number of rotatable bonds is 4. The van der Waals surface area contributed by atoms with Crippen LogP contribution in [0.2, 0.25) is 0 Å². The number of carbonyl (C=O) groups excluding carboxylic acids is 1. The number of hydrogen-bond acceptors (Lipinski definition) is 4. The van der Waals surface area contributed by atoms with Crippen LogP contribution >= 0.6 is 0 Å². The van der Waals surface area contributed by atoms with Gasteiger partial charge in [-0.1, -0.05) is 35.9 Å². The van der Waals surface area contributed by atoms with Gasteiger partial charge in [-0.25, -0.2) is 4.68 Å². The maximum absolute atomic E-state index is 12.8. The predicted octanol–water partition coefficient (Wildman–Crippen LogP) is 2.67. The molecule has 4 aromatic rings. The molecule has 0 radical (unpaired) electrons. The van der Waals surface area contributed by atoms with Gasteiger partial charge < -0.3 is 15.0 Å². The van der Waals surface area contributed by atoms with Crippen LogP contribution in [0.25, 0.3) is 16.6 Å². The summed E-state index contributed by atoms with van der Waals surface area (Å²) in [6.07, 6.45) is 3.50. The first-order valence-electron chi connectivity index (χ1n) is 9.15. The van der Waals surface area contributed by atoms with Crippen LogP contribution in [0.3, 0.4) is 0 Å². The number of carbonyl (C=O) groups is 1. The number of hydrogen-bond donors (Lipinski definition) is 2. The quantitative estimate of drug-likeness (QED) is 0.563. The molecule has 0 saturated carbocycles. The van der Waals surface area contributed by atoms with Gasteiger partial charge in [-0.2, -0.15) is 5.10 Å². The average molecular weight is 388 g/mol. The maximum Gasteiger partial charge on any atom is 0.293 e. The number of pyridine rings is 1. The average Bonchev–Trinajstić information content (AvgIpc) is 3.20. The molecule has 0 aliphatic heterocycles. The number of aromatic hydroxyl groups is 1. The molecule has 0 bridgehead atoms. The SMILES string of the molecule is Cc1ccc(-n2cc(CNC(=O)c3c(O)c(=O)n(C)c4ccccc34)cn2)cc1. The molecule has 2 aromatic carbocycles. The first kappa shape index (κ1) is 18.5. The van der Waals surface area contributed by atoms with Crippen molar-refractivity contribution in [1.29, 1.82) is 0 Å². The summed E-state index contributed by atoms with van der Waals surface area (Å²) in [4.78, 5) is 25.1. The van der Waals surface area contributed by atoms with Crippen molar-refractivity contribution in [2.45, 2.75) is 13.5 Å². The van der Waals surface area contributed by atoms with E-state index in [1.807, 2.05) is 37.4 Å². The number of benzene rings is 2. The van der Waals surface area contributed by atoms with Gasteiger partial charge in [0.05, 0.1) is 23.0 Å². The molecule has 146 valence electrons. The van der Waals surface area contributed by atoms with Crippen LogP contribution in [0.4, 0.5) is 0 Å². The summed E-state index contributed by atoms with van der Waals surface area (Å²) in [5.74, 6) is -1.07. The normalized spacial score (nSPS) is 11.0. The van der Waals surface area contributed by atoms with Gasteiger partial charge in [-0.15, -0.1) is 0 Å². The van der Waals surface area contributed by atoms with Crippen LogP contribution in [0, 0.1) is 6.92 Å². The summed E-state index contributed by atoms with van der Waals surface area (Å²) >= 11 is 0. The molecular formula is C22H20N4O3. The summed E-state index contributed by atoms with van der Waals surface area (Å²) in [6, 6.07) is 14.9. The highest BCUT2D eigenvalue weighted by atomic mass is 16.3. The van der Waals surface area contributed by atoms with Gasteiger partial charge >= 0.3 is 0 Å². The first-order valence-corrected chi connectivity index (χ1v) is 9.15. The lowest BCUT2D eigenvalue weighted by Crippen LogP contribution is -2.27. The Morgan fingerprint density at radius 1 is 1.14 bits per heavy atom. The van der Waals surface area contributed by atoms with Crippen molar-refractivity contribution in [3.05, 3.63) is 88.0 Å². The standard InChI is InChI=1S/C22H20N4O3/c1-14-7-9-16(10-8-14)26-13-15(12-24-26)11-23-21(28)19-17-5-3-4-6-18(17)25(2)22(29)20(19)27/h3-10,12-13,27H,11H2,1-2H3,(H,23,28). The molecule has 0 fully saturated rings. The summed E-state index contributed by atoms with van der Waals surface area (Å²) in [7, 11) is 1.56. The van der Waals surface area contributed by atoms with Crippen LogP contribution in [0.5, 0.6) is 5.75 Å². The van der Waals surface area contributed by atoms with E-state index in [0.29, 0.717) is 10.9 Å². The van der Waals surface area contributed by atoms with Gasteiger partial charge in [-0.3, -0.25) is 9.59 Å². The first-order chi connectivity index (χ1) is 14.0. The van der Waals surface area contributed by atoms with Gasteiger partial charge in [0.2, 0.25) is 0 Å². The van der Waals surface area contributed by atoms with E-state index in [-0.39, 0.29) is 12.1 Å². The summed E-state index contributed by atoms with van der Waals surface area (Å²) < 4.78 is 3.05. The predicted molar refractivity (Wildman–Crippen MR) is 110 cm³/mol. The fourth-order valence-electron chi connectivity index (χ4n) is 3.27. The molecule has 7 heteroatoms. The Bertz CT molecular complexity index is 1270. The van der Waals surface area contributed by atoms with Crippen LogP contribution in [0.15, 0.2) is 65.7 Å². The highest BCUT2D eigenvalue weighted by Crippen LogP contribution is 2.23. The fourth-order valence-corrected chi connectivity index (χ4v) is 3.27. The fraction of sp³-hybridized carbons (Fsp3) is 0.136. The van der Waals surface area contributed by atoms with E-state index in [2.05, 4.69) is 10.4 Å². The lowest BCUT2D eigenvalue weighted by Gasteiger charge is -2.12. The Hall–Kier alpha value is -3.87. The molecule has 0 aliphatic rings. The summed E-state index contributed by atoms with van der Waals surface area (Å²) in [5, 5.41) is 17.9. The minimum absolute atomic E-state index is 0.0189. The molecule has 2 heterocycles. The van der Waals surface area contributed by atoms with E-state index >= 15 is 0 Å². The van der Waals surface area contributed by atoms with Gasteiger partial charge in [0.1, 0.15) is 0 Å². The van der Waals surface area contributed by atoms with Crippen LogP contribution < -0.4 is 10.9 Å². The van der Waals surface area contributed by atoms with E-state index in [1.165, 1.54) is 4.57 Å². The van der Waals surface area contributed by atoms with E-state index < -0.39 is 17.2 Å². The number of nitrogens with zero attached hydrogens (tertiary/aromatic N) is 3. The van der Waals surface area contributed by atoms with Crippen molar-refractivity contribution in [2.24, 2.45) is 7.05 Å². The summed E-state index contributed by atoms with van der Waals surface area (Å²) in [6.45, 7) is 2.23. The zero-order valence-corrected chi connectivity index (χ0v) is 16.1. The van der Waals surface area contributed by atoms with Crippen LogP contribution in [-0.4, -0.2) is 25.4 Å². The molecule has 0 saturated heterocycles. The Labute approximate surface area is 166 Å². The topological polar surface area (TPSA) is 89.2 Å². The molecule has 2 aromatic heterocycles. The number of aromatic nitrogens is 3. The van der Waals surface area contributed by atoms with Crippen molar-refractivity contribution in [3.8, 4) is 11.4 Å². The van der Waals surface area contributed by atoms with Crippen LogP contribution in [-0.2, 0) is 13.6 Å². The second-order valence-electron chi connectivity index (χ2n) is 6.92. The largest absolute Gasteiger partial charge is 0.502 e. The second kappa shape index (κ2) is 7.27. The maximum atomic E-state index is 12.8. The highest BCUT2D eigenvalue weighted by molar-refractivity contribution is 6.08. The lowest BCUT2D eigenvalue weighted by atomic mass is 10.1. The third kappa shape index (κ3) is 3.38. The Balaban J connectivity index is 1.59. The number of fused-ring (bicyclic) bond motifs is 1. The molecule has 4 rings (SSSR count). The number of amides is 1. The van der Waals surface area contributed by atoms with Gasteiger partial charge in [0, 0.05) is 30.7 Å². The number of para-hydroxylation sites is 1. The van der Waals surface area contributed by atoms with Gasteiger partial charge in [-0.05, 0) is 25.1 Å². The van der Waals surface area contributed by atoms with Crippen molar-refractivity contribution < 1.29 is 9.90 Å². The monoisotopic (exact) mass is 388 g/mol. The molecule has 2 N–H and O–H groups in total. The zero-order valence-electron chi connectivity index (χ0n) is 16.1. The number of aryl methyl sites for hydroxylation is 2. The smallest absolute Gasteiger partial charge is 0.293 e. The molecule has 7 nitrogen and oxygen atoms in total. The van der Waals surface area contributed by atoms with E-state index in [1.54, 1.807) is 42.2 Å². The Kier molecular flexibility index (Phi) is 4.64. The molecule has 0 aliphatic carbocycles. The van der Waals surface area contributed by atoms with Crippen molar-refractivity contribution in [1.82, 2.24) is 19.7 Å². The molecular weight excluding hydrogens is 368 g/mol. The molecule has 29 heavy (non-hydrogen) atoms. The second-order valence-corrected chi connectivity index (χ2v) is 6.92. The lowest BCUT2D eigenvalue weighted by molar-refractivity contribution is 0.0949. The van der Waals surface area contributed by atoms with Gasteiger partial charge in [0.25, 0.3) is 11.5 Å². The molecule has 0 unspecified atom stereocenters. The molecule has 1 amide bonds. The van der Waals surface area contributed by atoms with E-state index in [9.17, 15) is 14.7 Å². The van der Waals surface area contributed by atoms with E-state index in [0.717, 1.165) is 16.8 Å². The third-order valence-corrected chi connectivity index (χ3v) is 4.89. The van der Waals surface area contributed by atoms with E-state index in [4.69, 9.17) is 0 Å². The van der Waals surface area contributed by atoms with Crippen molar-refractivity contribution in [2.75, 3.05) is 0 Å². The van der Waals surface area contributed by atoms with Crippen molar-refractivity contribution >= 4 is 16.8 Å². The minimum atomic E-state index is -0.610. The third-order valence-electron chi connectivity index (χ3n) is 4.89. The zero-order chi connectivity index (χ0) is 20.5. The van der Waals surface area contributed by atoms with Crippen LogP contribution in [0.1, 0.15) is 21.5 Å². The highest BCUT2D eigenvalue weighted by Gasteiger charge is 2.20. The van der Waals surface area contributed by atoms with Crippen molar-refractivity contribution in [3.63, 3.8) is 0 Å². The molecule has 0 spiro atoms. The number of nitrogens with one attached hydrogen (secondary N) is 1.